The van der Waals surface area contributed by atoms with Crippen molar-refractivity contribution < 1.29 is 18.8 Å². The van der Waals surface area contributed by atoms with Crippen molar-refractivity contribution in [1.29, 1.82) is 0 Å². The van der Waals surface area contributed by atoms with E-state index in [1.165, 1.54) is 0 Å². The second kappa shape index (κ2) is 4.41. The predicted molar refractivity (Wildman–Crippen MR) is 68.9 cm³/mol. The lowest BCUT2D eigenvalue weighted by molar-refractivity contribution is -0.120. The van der Waals surface area contributed by atoms with E-state index in [1.807, 2.05) is 39.8 Å². The van der Waals surface area contributed by atoms with E-state index in [2.05, 4.69) is 0 Å². The summed E-state index contributed by atoms with van der Waals surface area (Å²) in [7, 11) is -0.389. The van der Waals surface area contributed by atoms with E-state index < -0.39 is 0 Å². The molecule has 1 heterocycles. The molecular weight excluding hydrogens is 231 g/mol. The lowest BCUT2D eigenvalue weighted by atomic mass is 9.79. The SMILES string of the molecule is CC1(C)OB(c2ccc(OC=O)cc2)OC1(C)C. The normalized spacial score (nSPS) is 20.8. The number of ether oxygens (including phenoxy) is 1. The highest BCUT2D eigenvalue weighted by Crippen LogP contribution is 2.36. The molecule has 2 rings (SSSR count). The lowest BCUT2D eigenvalue weighted by Crippen LogP contribution is -2.41. The van der Waals surface area contributed by atoms with Gasteiger partial charge in [-0.15, -0.1) is 0 Å². The molecule has 1 aromatic rings. The van der Waals surface area contributed by atoms with Gasteiger partial charge in [0, 0.05) is 0 Å². The fourth-order valence-electron chi connectivity index (χ4n) is 1.74. The number of carbonyl (C=O) groups excluding carboxylic acids is 1. The highest BCUT2D eigenvalue weighted by molar-refractivity contribution is 6.62. The largest absolute Gasteiger partial charge is 0.494 e. The Labute approximate surface area is 107 Å². The molecule has 0 spiro atoms. The molecule has 0 N–H and O–H groups in total. The monoisotopic (exact) mass is 248 g/mol. The van der Waals surface area contributed by atoms with Crippen LogP contribution in [-0.4, -0.2) is 24.8 Å². The van der Waals surface area contributed by atoms with Crippen LogP contribution in [0.4, 0.5) is 0 Å². The number of carbonyl (C=O) groups is 1. The molecule has 18 heavy (non-hydrogen) atoms. The summed E-state index contributed by atoms with van der Waals surface area (Å²) < 4.78 is 16.6. The first-order valence-electron chi connectivity index (χ1n) is 5.92. The van der Waals surface area contributed by atoms with Crippen molar-refractivity contribution in [3.8, 4) is 5.75 Å². The number of hydrogen-bond donors (Lipinski definition) is 0. The maximum atomic E-state index is 10.2. The summed E-state index contributed by atoms with van der Waals surface area (Å²) in [6.07, 6.45) is 0. The van der Waals surface area contributed by atoms with Gasteiger partial charge in [-0.05, 0) is 45.3 Å². The van der Waals surface area contributed by atoms with E-state index in [4.69, 9.17) is 14.0 Å². The topological polar surface area (TPSA) is 44.8 Å². The Hall–Kier alpha value is -1.33. The molecular formula is C13H17BO4. The van der Waals surface area contributed by atoms with Crippen molar-refractivity contribution in [2.75, 3.05) is 0 Å². The molecule has 0 aliphatic carbocycles. The van der Waals surface area contributed by atoms with Gasteiger partial charge in [0.15, 0.2) is 0 Å². The van der Waals surface area contributed by atoms with Crippen molar-refractivity contribution in [3.63, 3.8) is 0 Å². The smallest absolute Gasteiger partial charge is 0.429 e. The van der Waals surface area contributed by atoms with E-state index in [1.54, 1.807) is 12.1 Å². The van der Waals surface area contributed by atoms with Crippen LogP contribution < -0.4 is 10.2 Å². The van der Waals surface area contributed by atoms with Crippen molar-refractivity contribution in [1.82, 2.24) is 0 Å². The predicted octanol–water partition coefficient (Wildman–Crippen LogP) is 1.52. The van der Waals surface area contributed by atoms with Gasteiger partial charge < -0.3 is 14.0 Å². The summed E-state index contributed by atoms with van der Waals surface area (Å²) in [6, 6.07) is 7.10. The molecule has 0 aromatic heterocycles. The molecule has 4 nitrogen and oxygen atoms in total. The van der Waals surface area contributed by atoms with Crippen molar-refractivity contribution in [2.45, 2.75) is 38.9 Å². The van der Waals surface area contributed by atoms with Crippen molar-refractivity contribution >= 4 is 19.1 Å². The van der Waals surface area contributed by atoms with Gasteiger partial charge in [-0.1, -0.05) is 12.1 Å². The van der Waals surface area contributed by atoms with Crippen LogP contribution in [0.25, 0.3) is 0 Å². The van der Waals surface area contributed by atoms with E-state index in [9.17, 15) is 4.79 Å². The highest BCUT2D eigenvalue weighted by atomic mass is 16.7. The maximum absolute atomic E-state index is 10.2. The van der Waals surface area contributed by atoms with Crippen molar-refractivity contribution in [3.05, 3.63) is 24.3 Å². The van der Waals surface area contributed by atoms with E-state index >= 15 is 0 Å². The Morgan fingerprint density at radius 1 is 1.06 bits per heavy atom. The van der Waals surface area contributed by atoms with Gasteiger partial charge in [0.05, 0.1) is 11.2 Å². The molecule has 1 aliphatic heterocycles. The first kappa shape index (κ1) is 13.1. The molecule has 96 valence electrons. The summed E-state index contributed by atoms with van der Waals surface area (Å²) in [4.78, 5) is 10.2. The fourth-order valence-corrected chi connectivity index (χ4v) is 1.74. The van der Waals surface area contributed by atoms with Crippen LogP contribution in [0.3, 0.4) is 0 Å². The zero-order valence-electron chi connectivity index (χ0n) is 11.1. The Bertz CT molecular complexity index is 423. The summed E-state index contributed by atoms with van der Waals surface area (Å²) >= 11 is 0. The molecule has 0 bridgehead atoms. The zero-order valence-corrected chi connectivity index (χ0v) is 11.1. The lowest BCUT2D eigenvalue weighted by Gasteiger charge is -2.32. The molecule has 1 fully saturated rings. The van der Waals surface area contributed by atoms with E-state index in [-0.39, 0.29) is 18.3 Å². The van der Waals surface area contributed by atoms with Gasteiger partial charge in [-0.25, -0.2) is 0 Å². The van der Waals surface area contributed by atoms with Gasteiger partial charge in [0.25, 0.3) is 6.47 Å². The molecule has 0 amide bonds. The Balaban J connectivity index is 2.17. The van der Waals surface area contributed by atoms with Crippen LogP contribution in [0, 0.1) is 0 Å². The third-order valence-electron chi connectivity index (χ3n) is 3.59. The van der Waals surface area contributed by atoms with Crippen LogP contribution in [0.2, 0.25) is 0 Å². The third-order valence-corrected chi connectivity index (χ3v) is 3.59. The first-order chi connectivity index (χ1) is 8.36. The van der Waals surface area contributed by atoms with E-state index in [0.717, 1.165) is 5.46 Å². The molecule has 5 heteroatoms. The Morgan fingerprint density at radius 3 is 2.00 bits per heavy atom. The van der Waals surface area contributed by atoms with Crippen LogP contribution in [-0.2, 0) is 14.1 Å². The van der Waals surface area contributed by atoms with Crippen LogP contribution in [0.15, 0.2) is 24.3 Å². The highest BCUT2D eigenvalue weighted by Gasteiger charge is 2.51. The number of hydrogen-bond acceptors (Lipinski definition) is 4. The molecule has 1 aromatic carbocycles. The summed E-state index contributed by atoms with van der Waals surface area (Å²) in [6.45, 7) is 8.45. The fraction of sp³-hybridized carbons (Fsp3) is 0.462. The molecule has 0 unspecified atom stereocenters. The first-order valence-corrected chi connectivity index (χ1v) is 5.92. The quantitative estimate of drug-likeness (QED) is 0.601. The average molecular weight is 248 g/mol. The second-order valence-corrected chi connectivity index (χ2v) is 5.37. The number of benzene rings is 1. The van der Waals surface area contributed by atoms with Crippen LogP contribution in [0.1, 0.15) is 27.7 Å². The van der Waals surface area contributed by atoms with Gasteiger partial charge in [0.2, 0.25) is 0 Å². The average Bonchev–Trinajstić information content (AvgIpc) is 2.50. The molecule has 1 saturated heterocycles. The third kappa shape index (κ3) is 2.28. The van der Waals surface area contributed by atoms with Gasteiger partial charge in [0.1, 0.15) is 5.75 Å². The minimum absolute atomic E-state index is 0.352. The molecule has 0 saturated carbocycles. The zero-order chi connectivity index (χ0) is 13.4. The summed E-state index contributed by atoms with van der Waals surface area (Å²) in [5.41, 5.74) is 0.206. The summed E-state index contributed by atoms with van der Waals surface area (Å²) in [5.74, 6) is 0.505. The van der Waals surface area contributed by atoms with Crippen LogP contribution >= 0.6 is 0 Å². The molecule has 1 aliphatic rings. The van der Waals surface area contributed by atoms with Gasteiger partial charge in [-0.2, -0.15) is 0 Å². The van der Waals surface area contributed by atoms with E-state index in [0.29, 0.717) is 12.2 Å². The minimum atomic E-state index is -0.389. The molecule has 0 atom stereocenters. The Morgan fingerprint density at radius 2 is 1.56 bits per heavy atom. The number of rotatable bonds is 3. The standard InChI is InChI=1S/C13H17BO4/c1-12(2)13(3,4)18-14(17-12)10-5-7-11(8-6-10)16-9-15/h5-9H,1-4H3. The van der Waals surface area contributed by atoms with Gasteiger partial charge >= 0.3 is 7.12 Å². The molecule has 0 radical (unpaired) electrons. The van der Waals surface area contributed by atoms with Gasteiger partial charge in [-0.3, -0.25) is 4.79 Å². The maximum Gasteiger partial charge on any atom is 0.494 e. The second-order valence-electron chi connectivity index (χ2n) is 5.37. The van der Waals surface area contributed by atoms with Crippen molar-refractivity contribution in [2.24, 2.45) is 0 Å². The summed E-state index contributed by atoms with van der Waals surface area (Å²) in [5, 5.41) is 0. The Kier molecular flexibility index (Phi) is 3.21. The van der Waals surface area contributed by atoms with Crippen LogP contribution in [0.5, 0.6) is 5.75 Å². The minimum Gasteiger partial charge on any atom is -0.429 e.